The van der Waals surface area contributed by atoms with Crippen molar-refractivity contribution in [3.63, 3.8) is 0 Å². The molecule has 0 aliphatic carbocycles. The number of aliphatic hydroxyl groups excluding tert-OH is 4. The third-order valence-electron chi connectivity index (χ3n) is 4.81. The van der Waals surface area contributed by atoms with Gasteiger partial charge in [0.25, 0.3) is 5.56 Å². The summed E-state index contributed by atoms with van der Waals surface area (Å²) < 4.78 is 1.46. The second-order valence-corrected chi connectivity index (χ2v) is 7.16. The van der Waals surface area contributed by atoms with Crippen LogP contribution >= 0.6 is 0 Å². The first kappa shape index (κ1) is 20.9. The summed E-state index contributed by atoms with van der Waals surface area (Å²) in [5.74, 6) is 0. The molecule has 3 rings (SSSR count). The van der Waals surface area contributed by atoms with Crippen LogP contribution in [0.25, 0.3) is 22.2 Å². The molecule has 0 amide bonds. The van der Waals surface area contributed by atoms with Gasteiger partial charge in [0.05, 0.1) is 6.61 Å². The molecule has 0 saturated carbocycles. The first-order valence-corrected chi connectivity index (χ1v) is 8.97. The number of benzene rings is 1. The summed E-state index contributed by atoms with van der Waals surface area (Å²) in [5, 5.41) is 39.1. The van der Waals surface area contributed by atoms with Crippen molar-refractivity contribution in [2.75, 3.05) is 25.6 Å². The largest absolute Gasteiger partial charge is 0.413 e. The van der Waals surface area contributed by atoms with Crippen LogP contribution in [-0.2, 0) is 6.54 Å². The van der Waals surface area contributed by atoms with E-state index in [9.17, 15) is 24.9 Å². The van der Waals surface area contributed by atoms with Gasteiger partial charge in [-0.1, -0.05) is 0 Å². The van der Waals surface area contributed by atoms with Crippen LogP contribution in [0.15, 0.2) is 21.7 Å². The van der Waals surface area contributed by atoms with E-state index in [0.717, 1.165) is 11.3 Å². The fourth-order valence-electron chi connectivity index (χ4n) is 3.31. The van der Waals surface area contributed by atoms with Crippen LogP contribution in [-0.4, -0.2) is 74.4 Å². The number of fused-ring (bicyclic) bond motifs is 2. The molecule has 29 heavy (non-hydrogen) atoms. The van der Waals surface area contributed by atoms with E-state index in [-0.39, 0.29) is 17.7 Å². The number of nitrogens with zero attached hydrogens (tertiary/aromatic N) is 3. The third-order valence-corrected chi connectivity index (χ3v) is 4.81. The molecule has 1 aromatic carbocycles. The van der Waals surface area contributed by atoms with Crippen LogP contribution in [0.3, 0.4) is 0 Å². The molecule has 0 fully saturated rings. The van der Waals surface area contributed by atoms with Crippen LogP contribution in [0.5, 0.6) is 0 Å². The van der Waals surface area contributed by atoms with Crippen LogP contribution < -0.4 is 20.7 Å². The zero-order valence-corrected chi connectivity index (χ0v) is 16.2. The predicted octanol–water partition coefficient (Wildman–Crippen LogP) is -2.50. The Hall–Kier alpha value is -2.86. The smallest absolute Gasteiger partial charge is 0.394 e. The van der Waals surface area contributed by atoms with Gasteiger partial charge >= 0.3 is 11.3 Å². The fraction of sp³-hybridized carbons (Fsp3) is 0.444. The maximum Gasteiger partial charge on any atom is 0.413 e. The number of aliphatic hydroxyl groups is 4. The Morgan fingerprint density at radius 1 is 1.14 bits per heavy atom. The maximum atomic E-state index is 12.3. The number of hydrogen-bond acceptors (Lipinski definition) is 8. The minimum Gasteiger partial charge on any atom is -0.394 e. The van der Waals surface area contributed by atoms with E-state index in [1.165, 1.54) is 4.57 Å². The molecule has 0 unspecified atom stereocenters. The molecule has 0 spiro atoms. The van der Waals surface area contributed by atoms with Gasteiger partial charge in [-0.25, -0.2) is 14.3 Å². The molecule has 0 aliphatic rings. The minimum atomic E-state index is -1.64. The van der Waals surface area contributed by atoms with Crippen molar-refractivity contribution in [2.45, 2.75) is 31.8 Å². The standard InChI is InChI=1S/C18H23N5O6/c1-8-4-9-11(5-10(8)22(2)3)23(6-12(25)15(27)13(26)7-24)16-14(19-9)17(28)21-18(29)20-16/h4-5,12-13,15,24-27H,6-7H2,1-3H3,(H,21,28,29)/p+1/t12-,13+,15-/m0/s1. The van der Waals surface area contributed by atoms with Gasteiger partial charge in [0.1, 0.15) is 30.4 Å². The molecule has 0 saturated heterocycles. The van der Waals surface area contributed by atoms with E-state index < -0.39 is 36.2 Å². The molecule has 0 aliphatic heterocycles. The van der Waals surface area contributed by atoms with E-state index in [1.54, 1.807) is 12.1 Å². The van der Waals surface area contributed by atoms with Crippen LogP contribution in [0.1, 0.15) is 5.56 Å². The molecule has 2 aromatic heterocycles. The SMILES string of the molecule is Cc1cc2nc3c(=O)[nH]c(=O)[nH]c3[n+](C[C@H](O)[C@H](O)[C@H](O)CO)c2cc1N(C)C. The zero-order chi connectivity index (χ0) is 21.5. The lowest BCUT2D eigenvalue weighted by atomic mass is 10.1. The second-order valence-electron chi connectivity index (χ2n) is 7.16. The second kappa shape index (κ2) is 7.87. The predicted molar refractivity (Wildman–Crippen MR) is 105 cm³/mol. The molecule has 0 bridgehead atoms. The van der Waals surface area contributed by atoms with E-state index in [4.69, 9.17) is 5.11 Å². The Morgan fingerprint density at radius 2 is 1.83 bits per heavy atom. The summed E-state index contributed by atoms with van der Waals surface area (Å²) >= 11 is 0. The highest BCUT2D eigenvalue weighted by molar-refractivity contribution is 5.83. The van der Waals surface area contributed by atoms with Gasteiger partial charge in [0.15, 0.2) is 5.52 Å². The normalized spacial score (nSPS) is 14.9. The first-order chi connectivity index (χ1) is 13.6. The van der Waals surface area contributed by atoms with E-state index in [2.05, 4.69) is 15.0 Å². The number of aromatic amines is 2. The average molecular weight is 406 g/mol. The maximum absolute atomic E-state index is 12.3. The molecule has 0 radical (unpaired) electrons. The molecule has 11 nitrogen and oxygen atoms in total. The summed E-state index contributed by atoms with van der Waals surface area (Å²) in [7, 11) is 3.71. The summed E-state index contributed by atoms with van der Waals surface area (Å²) in [6.45, 7) is 0.878. The number of rotatable bonds is 6. The lowest BCUT2D eigenvalue weighted by molar-refractivity contribution is -0.657. The number of anilines is 1. The van der Waals surface area contributed by atoms with Gasteiger partial charge in [0.2, 0.25) is 5.52 Å². The van der Waals surface area contributed by atoms with Gasteiger partial charge < -0.3 is 25.3 Å². The van der Waals surface area contributed by atoms with Crippen LogP contribution in [0.2, 0.25) is 0 Å². The first-order valence-electron chi connectivity index (χ1n) is 8.97. The fourth-order valence-corrected chi connectivity index (χ4v) is 3.31. The van der Waals surface area contributed by atoms with Gasteiger partial charge in [-0.15, -0.1) is 0 Å². The summed E-state index contributed by atoms with van der Waals surface area (Å²) in [5.41, 5.74) is 1.27. The molecule has 3 aromatic rings. The molecule has 6 N–H and O–H groups in total. The van der Waals surface area contributed by atoms with Gasteiger partial charge in [-0.3, -0.25) is 9.78 Å². The highest BCUT2D eigenvalue weighted by atomic mass is 16.4. The summed E-state index contributed by atoms with van der Waals surface area (Å²) in [6, 6.07) is 3.56. The van der Waals surface area contributed by atoms with E-state index >= 15 is 0 Å². The van der Waals surface area contributed by atoms with Gasteiger partial charge in [-0.2, -0.15) is 4.98 Å². The molecular formula is C18H24N5O6+. The monoisotopic (exact) mass is 406 g/mol. The molecule has 11 heteroatoms. The Morgan fingerprint density at radius 3 is 2.45 bits per heavy atom. The number of aromatic nitrogens is 4. The summed E-state index contributed by atoms with van der Waals surface area (Å²) in [6.07, 6.45) is -4.69. The van der Waals surface area contributed by atoms with E-state index in [1.807, 2.05) is 25.9 Å². The van der Waals surface area contributed by atoms with Crippen molar-refractivity contribution in [1.29, 1.82) is 0 Å². The number of nitrogens with one attached hydrogen (secondary N) is 2. The van der Waals surface area contributed by atoms with E-state index in [0.29, 0.717) is 11.0 Å². The quantitative estimate of drug-likeness (QED) is 0.193. The van der Waals surface area contributed by atoms with Crippen LogP contribution in [0.4, 0.5) is 5.69 Å². The van der Waals surface area contributed by atoms with Crippen molar-refractivity contribution in [1.82, 2.24) is 15.0 Å². The number of H-pyrrole nitrogens is 2. The highest BCUT2D eigenvalue weighted by Gasteiger charge is 2.29. The Bertz CT molecular complexity index is 1170. The minimum absolute atomic E-state index is 0.0431. The molecular weight excluding hydrogens is 382 g/mol. The third kappa shape index (κ3) is 3.85. The van der Waals surface area contributed by atoms with Gasteiger partial charge in [-0.05, 0) is 18.6 Å². The van der Waals surface area contributed by atoms with Crippen molar-refractivity contribution in [3.8, 4) is 0 Å². The zero-order valence-electron chi connectivity index (χ0n) is 16.2. The number of aryl methyl sites for hydroxylation is 1. The highest BCUT2D eigenvalue weighted by Crippen LogP contribution is 2.23. The Balaban J connectivity index is 2.33. The molecule has 2 heterocycles. The van der Waals surface area contributed by atoms with Crippen molar-refractivity contribution in [2.24, 2.45) is 0 Å². The van der Waals surface area contributed by atoms with Gasteiger partial charge in [0, 0.05) is 25.8 Å². The molecule has 3 atom stereocenters. The Kier molecular flexibility index (Phi) is 5.66. The average Bonchev–Trinajstić information content (AvgIpc) is 2.66. The van der Waals surface area contributed by atoms with Crippen molar-refractivity contribution >= 4 is 27.9 Å². The topological polar surface area (TPSA) is 167 Å². The van der Waals surface area contributed by atoms with Crippen LogP contribution in [0, 0.1) is 6.92 Å². The lowest BCUT2D eigenvalue weighted by Gasteiger charge is -2.22. The van der Waals surface area contributed by atoms with Crippen molar-refractivity contribution < 1.29 is 25.0 Å². The Labute approximate surface area is 164 Å². The lowest BCUT2D eigenvalue weighted by Crippen LogP contribution is -2.51. The van der Waals surface area contributed by atoms with Crippen molar-refractivity contribution in [3.05, 3.63) is 38.5 Å². The summed E-state index contributed by atoms with van der Waals surface area (Å²) in [4.78, 5) is 35.0. The number of hydrogen-bond donors (Lipinski definition) is 6. The molecule has 156 valence electrons.